The minimum absolute atomic E-state index is 0.0667. The molecule has 2 saturated heterocycles. The van der Waals surface area contributed by atoms with E-state index in [9.17, 15) is 19.1 Å². The number of halogens is 2. The summed E-state index contributed by atoms with van der Waals surface area (Å²) in [6, 6.07) is 12.1. The SMILES string of the molecule is CC(O)CN1CCC(Oc2cc(N3CCOCC3)ccc2C(=O)Nc2ccc(F)cc2C(=O)Nc2ccc(Cl)cn2)CC1. The maximum absolute atomic E-state index is 14.2. The molecule has 0 spiro atoms. The fraction of sp³-hybridized carbons (Fsp3) is 0.387. The molecule has 0 bridgehead atoms. The number of carbonyl (C=O) groups is 2. The number of carbonyl (C=O) groups excluding carboxylic acids is 2. The highest BCUT2D eigenvalue weighted by atomic mass is 35.5. The third-order valence-electron chi connectivity index (χ3n) is 7.38. The van der Waals surface area contributed by atoms with Gasteiger partial charge in [-0.3, -0.25) is 9.59 Å². The Morgan fingerprint density at radius 2 is 1.79 bits per heavy atom. The van der Waals surface area contributed by atoms with E-state index >= 15 is 0 Å². The van der Waals surface area contributed by atoms with E-state index in [0.29, 0.717) is 36.1 Å². The molecule has 3 heterocycles. The quantitative estimate of drug-likeness (QED) is 0.325. The van der Waals surface area contributed by atoms with Crippen molar-refractivity contribution >= 4 is 40.6 Å². The van der Waals surface area contributed by atoms with Crippen LogP contribution in [0, 0.1) is 5.82 Å². The van der Waals surface area contributed by atoms with Crippen LogP contribution in [0.5, 0.6) is 5.75 Å². The molecule has 2 aliphatic heterocycles. The predicted octanol–water partition coefficient (Wildman–Crippen LogP) is 4.44. The number of ether oxygens (including phenoxy) is 2. The van der Waals surface area contributed by atoms with E-state index in [2.05, 4.69) is 25.4 Å². The van der Waals surface area contributed by atoms with Crippen LogP contribution in [0.4, 0.5) is 21.6 Å². The zero-order valence-electron chi connectivity index (χ0n) is 23.9. The van der Waals surface area contributed by atoms with Gasteiger partial charge in [0, 0.05) is 50.7 Å². The molecule has 10 nitrogen and oxygen atoms in total. The Balaban J connectivity index is 1.37. The number of amides is 2. The summed E-state index contributed by atoms with van der Waals surface area (Å²) in [7, 11) is 0. The molecule has 1 unspecified atom stereocenters. The summed E-state index contributed by atoms with van der Waals surface area (Å²) in [4.78, 5) is 35.2. The summed E-state index contributed by atoms with van der Waals surface area (Å²) in [6.45, 7) is 6.60. The lowest BCUT2D eigenvalue weighted by Crippen LogP contribution is -2.41. The van der Waals surface area contributed by atoms with Gasteiger partial charge >= 0.3 is 0 Å². The molecular formula is C31H35ClFN5O5. The lowest BCUT2D eigenvalue weighted by molar-refractivity contribution is 0.0665. The number of aromatic nitrogens is 1. The van der Waals surface area contributed by atoms with Crippen LogP contribution >= 0.6 is 11.6 Å². The Labute approximate surface area is 254 Å². The van der Waals surface area contributed by atoms with E-state index in [1.54, 1.807) is 19.1 Å². The lowest BCUT2D eigenvalue weighted by Gasteiger charge is -2.33. The average Bonchev–Trinajstić information content (AvgIpc) is 3.00. The molecule has 0 saturated carbocycles. The first-order valence-electron chi connectivity index (χ1n) is 14.3. The van der Waals surface area contributed by atoms with Crippen LogP contribution in [-0.2, 0) is 4.74 Å². The number of morpholine rings is 1. The zero-order valence-corrected chi connectivity index (χ0v) is 24.6. The molecule has 5 rings (SSSR count). The van der Waals surface area contributed by atoms with E-state index in [0.717, 1.165) is 50.8 Å². The van der Waals surface area contributed by atoms with Gasteiger partial charge in [-0.2, -0.15) is 0 Å². The van der Waals surface area contributed by atoms with Crippen LogP contribution in [0.1, 0.15) is 40.5 Å². The fourth-order valence-electron chi connectivity index (χ4n) is 5.21. The van der Waals surface area contributed by atoms with Gasteiger partial charge in [-0.1, -0.05) is 11.6 Å². The number of anilines is 3. The standard InChI is InChI=1S/C31H35ClFN5O5/c1-20(39)19-37-10-8-24(9-11-37)43-28-17-23(38-12-14-42-15-13-38)4-5-25(28)30(40)35-27-6-3-22(33)16-26(27)31(41)36-29-7-2-21(32)18-34-29/h2-7,16-18,20,24,39H,8-15,19H2,1H3,(H,35,40)(H,34,36,41). The van der Waals surface area contributed by atoms with Crippen molar-refractivity contribution in [3.63, 3.8) is 0 Å². The lowest BCUT2D eigenvalue weighted by atomic mass is 10.1. The van der Waals surface area contributed by atoms with Crippen molar-refractivity contribution in [1.29, 1.82) is 0 Å². The Morgan fingerprint density at radius 3 is 2.49 bits per heavy atom. The molecule has 2 amide bonds. The molecule has 0 radical (unpaired) electrons. The maximum Gasteiger partial charge on any atom is 0.259 e. The van der Waals surface area contributed by atoms with Crippen LogP contribution < -0.4 is 20.3 Å². The Hall–Kier alpha value is -3.77. The van der Waals surface area contributed by atoms with Crippen LogP contribution in [0.2, 0.25) is 5.02 Å². The van der Waals surface area contributed by atoms with Gasteiger partial charge in [0.2, 0.25) is 0 Å². The molecule has 2 aliphatic rings. The van der Waals surface area contributed by atoms with Crippen molar-refractivity contribution in [2.75, 3.05) is 61.5 Å². The fourth-order valence-corrected chi connectivity index (χ4v) is 5.33. The topological polar surface area (TPSA) is 116 Å². The number of hydrogen-bond donors (Lipinski definition) is 3. The molecule has 2 aromatic carbocycles. The number of nitrogens with one attached hydrogen (secondary N) is 2. The molecular weight excluding hydrogens is 577 g/mol. The maximum atomic E-state index is 14.2. The molecule has 1 aromatic heterocycles. The smallest absolute Gasteiger partial charge is 0.259 e. The summed E-state index contributed by atoms with van der Waals surface area (Å²) >= 11 is 5.88. The first kappa shape index (κ1) is 30.7. The van der Waals surface area contributed by atoms with Crippen LogP contribution in [-0.4, -0.2) is 85.0 Å². The largest absolute Gasteiger partial charge is 0.489 e. The minimum atomic E-state index is -0.646. The number of aliphatic hydroxyl groups is 1. The van der Waals surface area contributed by atoms with Gasteiger partial charge in [-0.15, -0.1) is 0 Å². The van der Waals surface area contributed by atoms with Crippen molar-refractivity contribution < 1.29 is 28.6 Å². The molecule has 3 aromatic rings. The van der Waals surface area contributed by atoms with Crippen LogP contribution in [0.3, 0.4) is 0 Å². The molecule has 12 heteroatoms. The monoisotopic (exact) mass is 611 g/mol. The Bertz CT molecular complexity index is 1430. The predicted molar refractivity (Wildman–Crippen MR) is 163 cm³/mol. The molecule has 0 aliphatic carbocycles. The number of aliphatic hydroxyl groups excluding tert-OH is 1. The highest BCUT2D eigenvalue weighted by molar-refractivity contribution is 6.30. The van der Waals surface area contributed by atoms with E-state index in [-0.39, 0.29) is 23.2 Å². The Morgan fingerprint density at radius 1 is 1.05 bits per heavy atom. The van der Waals surface area contributed by atoms with Gasteiger partial charge in [-0.25, -0.2) is 9.37 Å². The number of benzene rings is 2. The van der Waals surface area contributed by atoms with E-state index in [1.165, 1.54) is 24.4 Å². The second-order valence-corrected chi connectivity index (χ2v) is 11.1. The van der Waals surface area contributed by atoms with Crippen molar-refractivity contribution in [1.82, 2.24) is 9.88 Å². The summed E-state index contributed by atoms with van der Waals surface area (Å²) in [6.07, 6.45) is 2.35. The van der Waals surface area contributed by atoms with E-state index < -0.39 is 23.7 Å². The number of pyridine rings is 1. The van der Waals surface area contributed by atoms with Crippen molar-refractivity contribution in [3.05, 3.63) is 76.7 Å². The third-order valence-corrected chi connectivity index (χ3v) is 7.60. The first-order valence-corrected chi connectivity index (χ1v) is 14.7. The van der Waals surface area contributed by atoms with Gasteiger partial charge in [-0.05, 0) is 62.2 Å². The second-order valence-electron chi connectivity index (χ2n) is 10.7. The second kappa shape index (κ2) is 14.1. The van der Waals surface area contributed by atoms with Crippen LogP contribution in [0.15, 0.2) is 54.7 Å². The molecule has 228 valence electrons. The number of piperidine rings is 1. The average molecular weight is 612 g/mol. The third kappa shape index (κ3) is 8.20. The summed E-state index contributed by atoms with van der Waals surface area (Å²) in [5.74, 6) is -1.13. The van der Waals surface area contributed by atoms with Gasteiger partial charge in [0.1, 0.15) is 23.5 Å². The molecule has 1 atom stereocenters. The van der Waals surface area contributed by atoms with E-state index in [4.69, 9.17) is 21.1 Å². The zero-order chi connectivity index (χ0) is 30.3. The summed E-state index contributed by atoms with van der Waals surface area (Å²) < 4.78 is 26.2. The van der Waals surface area contributed by atoms with Gasteiger partial charge in [0.25, 0.3) is 11.8 Å². The van der Waals surface area contributed by atoms with Crippen molar-refractivity contribution in [3.8, 4) is 5.75 Å². The number of hydrogen-bond acceptors (Lipinski definition) is 8. The van der Waals surface area contributed by atoms with Crippen molar-refractivity contribution in [2.24, 2.45) is 0 Å². The van der Waals surface area contributed by atoms with Gasteiger partial charge in [0.05, 0.1) is 41.2 Å². The molecule has 43 heavy (non-hydrogen) atoms. The minimum Gasteiger partial charge on any atom is -0.489 e. The molecule has 3 N–H and O–H groups in total. The number of likely N-dealkylation sites (tertiary alicyclic amines) is 1. The normalized spacial score (nSPS) is 16.9. The van der Waals surface area contributed by atoms with Gasteiger partial charge < -0.3 is 35.0 Å². The summed E-state index contributed by atoms with van der Waals surface area (Å²) in [5.41, 5.74) is 1.27. The highest BCUT2D eigenvalue weighted by Crippen LogP contribution is 2.31. The van der Waals surface area contributed by atoms with Gasteiger partial charge in [0.15, 0.2) is 0 Å². The number of β-amino-alcohol motifs (C(OH)–C–C–N with tert-alkyl or cyclic N) is 1. The summed E-state index contributed by atoms with van der Waals surface area (Å²) in [5, 5.41) is 15.5. The number of nitrogens with zero attached hydrogens (tertiary/aromatic N) is 3. The number of rotatable bonds is 9. The van der Waals surface area contributed by atoms with Crippen LogP contribution in [0.25, 0.3) is 0 Å². The Kier molecular flexibility index (Phi) is 10.1. The highest BCUT2D eigenvalue weighted by Gasteiger charge is 2.25. The first-order chi connectivity index (χ1) is 20.7. The van der Waals surface area contributed by atoms with E-state index in [1.807, 2.05) is 12.1 Å². The van der Waals surface area contributed by atoms with Crippen molar-refractivity contribution in [2.45, 2.75) is 32.0 Å². The molecule has 2 fully saturated rings.